The molecule has 2 aromatic heterocycles. The molecule has 78 heavy (non-hydrogen) atoms. The van der Waals surface area contributed by atoms with Gasteiger partial charge in [-0.2, -0.15) is 12.1 Å². The Morgan fingerprint density at radius 3 is 1.92 bits per heavy atom. The summed E-state index contributed by atoms with van der Waals surface area (Å²) in [5.74, 6) is 6.90. The number of rotatable bonds is 7. The molecule has 6 nitrogen and oxygen atoms in total. The number of allylic oxidation sites excluding steroid dienone is 3. The topological polar surface area (TPSA) is 36.8 Å². The maximum absolute atomic E-state index is 6.81. The van der Waals surface area contributed by atoms with Gasteiger partial charge in [-0.15, -0.1) is 48.1 Å². The second kappa shape index (κ2) is 18.7. The van der Waals surface area contributed by atoms with Gasteiger partial charge < -0.3 is 23.9 Å². The Morgan fingerprint density at radius 1 is 0.590 bits per heavy atom. The zero-order valence-electron chi connectivity index (χ0n) is 47.0. The van der Waals surface area contributed by atoms with Crippen LogP contribution in [0.15, 0.2) is 170 Å². The number of ether oxygens (including phenoxy) is 1. The van der Waals surface area contributed by atoms with Crippen LogP contribution < -0.4 is 14.5 Å². The first-order chi connectivity index (χ1) is 36.8. The molecule has 0 atom stereocenters. The SMILES string of the molecule is CC(C)(C)c1ccnc(-n2c3[c-]c(Oc4[c-]c(N5[CH-]N(C6=C(c7ccc8c(c7)C(C)(C)CCC8(C)C)N7C=CC=CB7C=C6c6ccc7c(c6)C(C)(C)CCC7(C)C)c6ccccc65)ccc4)ccc3c3ccccc32)c1.[Pt]. The number of hydrogen-bond acceptors (Lipinski definition) is 5. The summed E-state index contributed by atoms with van der Waals surface area (Å²) >= 11 is 0. The summed E-state index contributed by atoms with van der Waals surface area (Å²) < 4.78 is 9.02. The Kier molecular flexibility index (Phi) is 12.4. The summed E-state index contributed by atoms with van der Waals surface area (Å²) in [5.41, 5.74) is 18.3. The van der Waals surface area contributed by atoms with Crippen LogP contribution in [0.5, 0.6) is 11.5 Å². The first-order valence-electron chi connectivity index (χ1n) is 27.8. The molecule has 3 aliphatic heterocycles. The van der Waals surface area contributed by atoms with Crippen molar-refractivity contribution in [3.8, 4) is 17.3 Å². The van der Waals surface area contributed by atoms with Gasteiger partial charge in [0, 0.05) is 61.3 Å². The fourth-order valence-corrected chi connectivity index (χ4v) is 13.0. The maximum Gasteiger partial charge on any atom is 0.313 e. The van der Waals surface area contributed by atoms with E-state index in [2.05, 4.69) is 260 Å². The van der Waals surface area contributed by atoms with Gasteiger partial charge >= 0.3 is 6.85 Å². The minimum atomic E-state index is -0.0351. The van der Waals surface area contributed by atoms with Gasteiger partial charge in [0.1, 0.15) is 5.82 Å². The quantitative estimate of drug-likeness (QED) is 0.117. The summed E-state index contributed by atoms with van der Waals surface area (Å²) in [4.78, 5) is 12.1. The van der Waals surface area contributed by atoms with Crippen molar-refractivity contribution < 1.29 is 25.8 Å². The van der Waals surface area contributed by atoms with Crippen molar-refractivity contribution in [2.75, 3.05) is 9.80 Å². The van der Waals surface area contributed by atoms with Crippen LogP contribution in [0.1, 0.15) is 141 Å². The van der Waals surface area contributed by atoms with Gasteiger partial charge in [-0.25, -0.2) is 4.98 Å². The maximum atomic E-state index is 6.81. The fourth-order valence-electron chi connectivity index (χ4n) is 13.0. The van der Waals surface area contributed by atoms with Gasteiger partial charge in [0.15, 0.2) is 0 Å². The van der Waals surface area contributed by atoms with Gasteiger partial charge in [-0.05, 0) is 151 Å². The number of hydrogen-bond donors (Lipinski definition) is 0. The van der Waals surface area contributed by atoms with Gasteiger partial charge in [0.2, 0.25) is 0 Å². The predicted molar refractivity (Wildman–Crippen MR) is 321 cm³/mol. The van der Waals surface area contributed by atoms with Crippen LogP contribution in [0.4, 0.5) is 17.1 Å². The first kappa shape index (κ1) is 51.9. The summed E-state index contributed by atoms with van der Waals surface area (Å²) in [7, 11) is 0. The standard InChI is InChI=1S/C70H69BN5O.Pt/c1-66(2,3)48-31-37-72-63(41-48)76-59-22-13-12-21-52(59)53-28-27-51(43-62(53)76)77-50-20-18-19-49(42-50)73-45-74(61-24-15-14-23-60(61)73)65-54(46-25-29-55-57(39-46)69(8,9)34-32-67(55,4)5)44-71-36-16-17-38-75(71)64(65)47-26-30-56-58(40-47)70(10,11)35-33-68(56,6)7;/h12-31,36-41,44-45H,32-35H2,1-11H3;/q-3;. The van der Waals surface area contributed by atoms with Crippen LogP contribution in [-0.4, -0.2) is 21.2 Å². The normalized spacial score (nSPS) is 18.6. The van der Waals surface area contributed by atoms with Crippen LogP contribution in [0.3, 0.4) is 0 Å². The summed E-state index contributed by atoms with van der Waals surface area (Å²) in [5, 5.41) is 2.24. The molecule has 0 bridgehead atoms. The summed E-state index contributed by atoms with van der Waals surface area (Å²) in [6, 6.07) is 54.2. The van der Waals surface area contributed by atoms with Crippen LogP contribution in [-0.2, 0) is 48.1 Å². The van der Waals surface area contributed by atoms with Crippen LogP contribution in [0.2, 0.25) is 0 Å². The van der Waals surface area contributed by atoms with Crippen molar-refractivity contribution in [1.29, 1.82) is 0 Å². The Balaban J connectivity index is 0.00000609. The molecule has 396 valence electrons. The molecule has 0 saturated carbocycles. The molecule has 5 heterocycles. The van der Waals surface area contributed by atoms with Crippen molar-refractivity contribution >= 4 is 57.0 Å². The Morgan fingerprint density at radius 2 is 1.22 bits per heavy atom. The van der Waals surface area contributed by atoms with E-state index in [-0.39, 0.29) is 55.0 Å². The molecule has 0 saturated heterocycles. The van der Waals surface area contributed by atoms with E-state index in [1.807, 2.05) is 18.3 Å². The van der Waals surface area contributed by atoms with E-state index in [1.165, 1.54) is 63.1 Å². The third kappa shape index (κ3) is 8.62. The van der Waals surface area contributed by atoms with Gasteiger partial charge in [0.25, 0.3) is 0 Å². The second-order valence-corrected chi connectivity index (χ2v) is 25.9. The van der Waals surface area contributed by atoms with Gasteiger partial charge in [0.05, 0.1) is 5.70 Å². The largest absolute Gasteiger partial charge is 0.509 e. The smallest absolute Gasteiger partial charge is 0.313 e. The number of nitrogens with zero attached hydrogens (tertiary/aromatic N) is 5. The van der Waals surface area contributed by atoms with E-state index < -0.39 is 0 Å². The van der Waals surface area contributed by atoms with E-state index >= 15 is 0 Å². The van der Waals surface area contributed by atoms with E-state index in [4.69, 9.17) is 9.72 Å². The zero-order chi connectivity index (χ0) is 53.4. The molecule has 13 rings (SSSR count). The molecule has 0 N–H and O–H groups in total. The van der Waals surface area contributed by atoms with E-state index in [9.17, 15) is 0 Å². The first-order valence-corrected chi connectivity index (χ1v) is 27.8. The summed E-state index contributed by atoms with van der Waals surface area (Å²) in [6.45, 7) is 28.4. The van der Waals surface area contributed by atoms with Crippen LogP contribution >= 0.6 is 0 Å². The van der Waals surface area contributed by atoms with E-state index in [0.717, 1.165) is 63.2 Å². The van der Waals surface area contributed by atoms with Crippen LogP contribution in [0, 0.1) is 18.8 Å². The molecule has 0 unspecified atom stereocenters. The van der Waals surface area contributed by atoms with E-state index in [1.54, 1.807) is 0 Å². The molecule has 5 aliphatic rings. The molecular formula is C70H69BN5OPt-3. The second-order valence-electron chi connectivity index (χ2n) is 25.9. The Hall–Kier alpha value is -6.82. The number of para-hydroxylation sites is 3. The third-order valence-electron chi connectivity index (χ3n) is 17.9. The molecule has 0 spiro atoms. The minimum Gasteiger partial charge on any atom is -0.509 e. The molecule has 0 fully saturated rings. The predicted octanol–water partition coefficient (Wildman–Crippen LogP) is 17.6. The number of pyridine rings is 1. The third-order valence-corrected chi connectivity index (χ3v) is 17.9. The molecule has 6 aromatic carbocycles. The number of benzene rings is 6. The Bertz CT molecular complexity index is 3860. The molecule has 8 aromatic rings. The minimum absolute atomic E-state index is 0. The molecular weight excluding hydrogens is 1130 g/mol. The molecule has 2 aliphatic carbocycles. The number of anilines is 3. The monoisotopic (exact) mass is 1200 g/mol. The molecule has 0 radical (unpaired) electrons. The van der Waals surface area contributed by atoms with Crippen LogP contribution in [0.25, 0.3) is 38.9 Å². The van der Waals surface area contributed by atoms with Crippen molar-refractivity contribution in [3.63, 3.8) is 0 Å². The van der Waals surface area contributed by atoms with Crippen molar-refractivity contribution in [1.82, 2.24) is 14.4 Å². The number of fused-ring (bicyclic) bond motifs is 7. The number of aromatic nitrogens is 2. The van der Waals surface area contributed by atoms with Crippen molar-refractivity contribution in [3.05, 3.63) is 227 Å². The van der Waals surface area contributed by atoms with Crippen molar-refractivity contribution in [2.45, 2.75) is 129 Å². The van der Waals surface area contributed by atoms with Gasteiger partial charge in [-0.3, -0.25) is 0 Å². The average molecular weight is 1200 g/mol. The molecule has 0 amide bonds. The molecule has 8 heteroatoms. The average Bonchev–Trinajstić information content (AvgIpc) is 4.14. The van der Waals surface area contributed by atoms with Crippen molar-refractivity contribution in [2.24, 2.45) is 0 Å². The Labute approximate surface area is 477 Å². The summed E-state index contributed by atoms with van der Waals surface area (Å²) in [6.07, 6.45) is 13.2. The van der Waals surface area contributed by atoms with E-state index in [0.29, 0.717) is 11.5 Å². The van der Waals surface area contributed by atoms with Gasteiger partial charge in [-0.1, -0.05) is 160 Å². The fraction of sp³-hybridized carbons (Fsp3) is 0.286. The zero-order valence-corrected chi connectivity index (χ0v) is 49.3.